The number of esters is 1. The lowest BCUT2D eigenvalue weighted by Gasteiger charge is -2.31. The Bertz CT molecular complexity index is 527. The Kier molecular flexibility index (Phi) is 4.00. The highest BCUT2D eigenvalue weighted by molar-refractivity contribution is 5.81. The van der Waals surface area contributed by atoms with Crippen LogP contribution in [-0.2, 0) is 20.7 Å². The predicted molar refractivity (Wildman–Crippen MR) is 79.7 cm³/mol. The van der Waals surface area contributed by atoms with Crippen LogP contribution in [0.1, 0.15) is 42.9 Å². The average molecular weight is 289 g/mol. The Labute approximate surface area is 125 Å². The normalized spacial score (nSPS) is 24.0. The minimum absolute atomic E-state index is 0.0429. The van der Waals surface area contributed by atoms with Gasteiger partial charge in [-0.05, 0) is 49.1 Å². The number of hydrogen-bond acceptors (Lipinski definition) is 4. The summed E-state index contributed by atoms with van der Waals surface area (Å²) in [4.78, 5) is 12.0. The van der Waals surface area contributed by atoms with Gasteiger partial charge in [0.15, 0.2) is 0 Å². The van der Waals surface area contributed by atoms with Crippen molar-refractivity contribution >= 4 is 5.97 Å². The smallest absolute Gasteiger partial charge is 0.328 e. The van der Waals surface area contributed by atoms with Crippen LogP contribution in [0.3, 0.4) is 0 Å². The van der Waals surface area contributed by atoms with Crippen molar-refractivity contribution in [3.8, 4) is 0 Å². The number of rotatable bonds is 5. The fourth-order valence-electron chi connectivity index (χ4n) is 3.25. The van der Waals surface area contributed by atoms with Crippen LogP contribution >= 0.6 is 0 Å². The van der Waals surface area contributed by atoms with E-state index < -0.39 is 5.54 Å². The van der Waals surface area contributed by atoms with Crippen LogP contribution in [0, 0.1) is 5.92 Å². The largest absolute Gasteiger partial charge is 0.468 e. The molecule has 4 heteroatoms. The maximum Gasteiger partial charge on any atom is 0.328 e. The van der Waals surface area contributed by atoms with E-state index in [1.807, 2.05) is 6.07 Å². The van der Waals surface area contributed by atoms with Crippen molar-refractivity contribution in [1.29, 1.82) is 0 Å². The molecule has 0 aliphatic heterocycles. The fourth-order valence-corrected chi connectivity index (χ4v) is 3.25. The fraction of sp³-hybridized carbons (Fsp3) is 0.588. The summed E-state index contributed by atoms with van der Waals surface area (Å²) in [5.41, 5.74) is 7.90. The number of methoxy groups -OCH3 is 1. The van der Waals surface area contributed by atoms with Crippen LogP contribution in [0.4, 0.5) is 0 Å². The first-order valence-corrected chi connectivity index (χ1v) is 7.72. The molecule has 2 unspecified atom stereocenters. The minimum atomic E-state index is -0.985. The quantitative estimate of drug-likeness (QED) is 0.845. The van der Waals surface area contributed by atoms with Gasteiger partial charge in [-0.1, -0.05) is 24.3 Å². The van der Waals surface area contributed by atoms with E-state index in [0.29, 0.717) is 0 Å². The monoisotopic (exact) mass is 289 g/mol. The van der Waals surface area contributed by atoms with Crippen molar-refractivity contribution in [1.82, 2.24) is 0 Å². The zero-order valence-corrected chi connectivity index (χ0v) is 12.5. The average Bonchev–Trinajstić information content (AvgIpc) is 3.37. The molecule has 1 saturated carbocycles. The molecule has 0 radical (unpaired) electrons. The van der Waals surface area contributed by atoms with Crippen molar-refractivity contribution in [2.24, 2.45) is 11.7 Å². The molecule has 0 saturated heterocycles. The molecule has 2 aliphatic carbocycles. The Balaban J connectivity index is 1.71. The SMILES string of the molecule is COC(=O)C(N)(COC1CCCc2ccccc21)C1CC1. The topological polar surface area (TPSA) is 61.5 Å². The van der Waals surface area contributed by atoms with Gasteiger partial charge in [-0.15, -0.1) is 0 Å². The first-order chi connectivity index (χ1) is 10.1. The molecule has 0 aromatic heterocycles. The highest BCUT2D eigenvalue weighted by atomic mass is 16.5. The molecule has 2 atom stereocenters. The lowest BCUT2D eigenvalue weighted by atomic mass is 9.89. The zero-order chi connectivity index (χ0) is 14.9. The van der Waals surface area contributed by atoms with Gasteiger partial charge in [0.25, 0.3) is 0 Å². The van der Waals surface area contributed by atoms with E-state index in [-0.39, 0.29) is 24.6 Å². The lowest BCUT2D eigenvalue weighted by Crippen LogP contribution is -2.55. The molecule has 114 valence electrons. The van der Waals surface area contributed by atoms with Crippen LogP contribution in [0.5, 0.6) is 0 Å². The van der Waals surface area contributed by atoms with Crippen molar-refractivity contribution in [2.75, 3.05) is 13.7 Å². The van der Waals surface area contributed by atoms with E-state index in [1.54, 1.807) is 0 Å². The molecular weight excluding hydrogens is 266 g/mol. The highest BCUT2D eigenvalue weighted by Crippen LogP contribution is 2.41. The van der Waals surface area contributed by atoms with Crippen molar-refractivity contribution in [3.05, 3.63) is 35.4 Å². The number of fused-ring (bicyclic) bond motifs is 1. The summed E-state index contributed by atoms with van der Waals surface area (Å²) >= 11 is 0. The van der Waals surface area contributed by atoms with Crippen LogP contribution in [0.15, 0.2) is 24.3 Å². The van der Waals surface area contributed by atoms with Gasteiger partial charge in [0.1, 0.15) is 5.54 Å². The van der Waals surface area contributed by atoms with Gasteiger partial charge in [0.05, 0.1) is 19.8 Å². The summed E-state index contributed by atoms with van der Waals surface area (Å²) in [7, 11) is 1.39. The molecule has 1 fully saturated rings. The molecule has 2 aliphatic rings. The van der Waals surface area contributed by atoms with Crippen LogP contribution in [-0.4, -0.2) is 25.2 Å². The Hall–Kier alpha value is -1.39. The minimum Gasteiger partial charge on any atom is -0.468 e. The van der Waals surface area contributed by atoms with Gasteiger partial charge in [-0.2, -0.15) is 0 Å². The number of nitrogens with two attached hydrogens (primary N) is 1. The molecule has 21 heavy (non-hydrogen) atoms. The molecule has 0 bridgehead atoms. The van der Waals surface area contributed by atoms with Crippen molar-refractivity contribution in [3.63, 3.8) is 0 Å². The molecule has 3 rings (SSSR count). The van der Waals surface area contributed by atoms with Gasteiger partial charge < -0.3 is 15.2 Å². The number of carbonyl (C=O) groups is 1. The molecule has 0 heterocycles. The third-order valence-electron chi connectivity index (χ3n) is 4.71. The van der Waals surface area contributed by atoms with E-state index in [4.69, 9.17) is 15.2 Å². The maximum atomic E-state index is 12.0. The van der Waals surface area contributed by atoms with Gasteiger partial charge in [0, 0.05) is 0 Å². The molecule has 0 spiro atoms. The summed E-state index contributed by atoms with van der Waals surface area (Å²) in [5, 5.41) is 0. The third-order valence-corrected chi connectivity index (χ3v) is 4.71. The first-order valence-electron chi connectivity index (χ1n) is 7.72. The number of carbonyl (C=O) groups excluding carboxylic acids is 1. The van der Waals surface area contributed by atoms with Gasteiger partial charge in [-0.25, -0.2) is 4.79 Å². The number of hydrogen-bond donors (Lipinski definition) is 1. The van der Waals surface area contributed by atoms with Crippen LogP contribution in [0.2, 0.25) is 0 Å². The van der Waals surface area contributed by atoms with Crippen molar-refractivity contribution < 1.29 is 14.3 Å². The number of ether oxygens (including phenoxy) is 2. The second-order valence-electron chi connectivity index (χ2n) is 6.20. The molecule has 1 aromatic rings. The van der Waals surface area contributed by atoms with E-state index in [1.165, 1.54) is 18.2 Å². The molecule has 1 aromatic carbocycles. The first kappa shape index (κ1) is 14.5. The second-order valence-corrected chi connectivity index (χ2v) is 6.20. The maximum absolute atomic E-state index is 12.0. The van der Waals surface area contributed by atoms with Gasteiger partial charge in [0.2, 0.25) is 0 Å². The Morgan fingerprint density at radius 2 is 2.10 bits per heavy atom. The second kappa shape index (κ2) is 5.78. The Morgan fingerprint density at radius 1 is 1.33 bits per heavy atom. The predicted octanol–water partition coefficient (Wildman–Crippen LogP) is 2.36. The Morgan fingerprint density at radius 3 is 2.81 bits per heavy atom. The van der Waals surface area contributed by atoms with Gasteiger partial charge in [-0.3, -0.25) is 0 Å². The zero-order valence-electron chi connectivity index (χ0n) is 12.5. The van der Waals surface area contributed by atoms with Crippen molar-refractivity contribution in [2.45, 2.75) is 43.7 Å². The third kappa shape index (κ3) is 2.83. The standard InChI is InChI=1S/C17H23NO3/c1-20-16(19)17(18,13-9-10-13)11-21-15-8-4-6-12-5-2-3-7-14(12)15/h2-3,5,7,13,15H,4,6,8-11,18H2,1H3. The number of benzene rings is 1. The summed E-state index contributed by atoms with van der Waals surface area (Å²) in [5.74, 6) is -0.155. The van der Waals surface area contributed by atoms with E-state index >= 15 is 0 Å². The molecule has 4 nitrogen and oxygen atoms in total. The van der Waals surface area contributed by atoms with E-state index in [9.17, 15) is 4.79 Å². The molecular formula is C17H23NO3. The molecule has 2 N–H and O–H groups in total. The summed E-state index contributed by atoms with van der Waals surface area (Å²) in [6, 6.07) is 8.37. The summed E-state index contributed by atoms with van der Waals surface area (Å²) < 4.78 is 11.0. The van der Waals surface area contributed by atoms with Gasteiger partial charge >= 0.3 is 5.97 Å². The van der Waals surface area contributed by atoms with Crippen LogP contribution < -0.4 is 5.73 Å². The van der Waals surface area contributed by atoms with Crippen LogP contribution in [0.25, 0.3) is 0 Å². The lowest BCUT2D eigenvalue weighted by molar-refractivity contribution is -0.152. The highest BCUT2D eigenvalue weighted by Gasteiger charge is 2.49. The summed E-state index contributed by atoms with van der Waals surface area (Å²) in [6.07, 6.45) is 5.21. The van der Waals surface area contributed by atoms with E-state index in [2.05, 4.69) is 18.2 Å². The number of aryl methyl sites for hydroxylation is 1. The van der Waals surface area contributed by atoms with E-state index in [0.717, 1.165) is 32.1 Å². The molecule has 0 amide bonds. The summed E-state index contributed by atoms with van der Waals surface area (Å²) in [6.45, 7) is 0.239.